The predicted octanol–water partition coefficient (Wildman–Crippen LogP) is 2.82. The summed E-state index contributed by atoms with van der Waals surface area (Å²) in [6.07, 6.45) is 1.76. The Morgan fingerprint density at radius 3 is 2.72 bits per heavy atom. The molecular formula is C23H23N3O5S. The van der Waals surface area contributed by atoms with Crippen LogP contribution in [0.1, 0.15) is 5.56 Å². The molecule has 9 heteroatoms. The molecule has 0 atom stereocenters. The van der Waals surface area contributed by atoms with Gasteiger partial charge >= 0.3 is 0 Å². The van der Waals surface area contributed by atoms with Gasteiger partial charge in [0.2, 0.25) is 0 Å². The second-order valence-electron chi connectivity index (χ2n) is 7.01. The minimum atomic E-state index is -0.208. The van der Waals surface area contributed by atoms with Gasteiger partial charge in [-0.2, -0.15) is 0 Å². The average molecular weight is 454 g/mol. The van der Waals surface area contributed by atoms with Crippen LogP contribution in [0.2, 0.25) is 0 Å². The first-order valence-electron chi connectivity index (χ1n) is 10.1. The van der Waals surface area contributed by atoms with Gasteiger partial charge in [0.15, 0.2) is 23.3 Å². The molecule has 166 valence electrons. The van der Waals surface area contributed by atoms with Crippen molar-refractivity contribution in [3.8, 4) is 11.5 Å². The average Bonchev–Trinajstić information content (AvgIpc) is 3.17. The van der Waals surface area contributed by atoms with Crippen molar-refractivity contribution in [3.63, 3.8) is 0 Å². The molecular weight excluding hydrogens is 430 g/mol. The number of hydrogen-bond donors (Lipinski definition) is 1. The maximum Gasteiger partial charge on any atom is 0.264 e. The first-order valence-corrected chi connectivity index (χ1v) is 10.9. The molecule has 2 aliphatic rings. The number of hydrogen-bond acceptors (Lipinski definition) is 7. The van der Waals surface area contributed by atoms with Gasteiger partial charge in [-0.3, -0.25) is 9.59 Å². The third-order valence-corrected chi connectivity index (χ3v) is 5.75. The molecule has 0 spiro atoms. The Labute approximate surface area is 190 Å². The van der Waals surface area contributed by atoms with Crippen LogP contribution in [0.25, 0.3) is 6.08 Å². The Kier molecular flexibility index (Phi) is 7.08. The number of methoxy groups -OCH3 is 1. The van der Waals surface area contributed by atoms with Gasteiger partial charge in [0, 0.05) is 13.1 Å². The van der Waals surface area contributed by atoms with E-state index in [2.05, 4.69) is 10.3 Å². The van der Waals surface area contributed by atoms with Crippen LogP contribution < -0.4 is 14.8 Å². The number of carbonyl (C=O) groups is 2. The lowest BCUT2D eigenvalue weighted by atomic mass is 10.2. The van der Waals surface area contributed by atoms with E-state index in [0.717, 1.165) is 11.3 Å². The van der Waals surface area contributed by atoms with Gasteiger partial charge in [0.05, 0.1) is 30.9 Å². The van der Waals surface area contributed by atoms with Gasteiger partial charge in [-0.25, -0.2) is 4.99 Å². The van der Waals surface area contributed by atoms with Crippen LogP contribution in [-0.4, -0.2) is 61.9 Å². The molecule has 2 aromatic rings. The van der Waals surface area contributed by atoms with Crippen LogP contribution in [0.4, 0.5) is 5.69 Å². The largest absolute Gasteiger partial charge is 0.493 e. The number of amidine groups is 1. The van der Waals surface area contributed by atoms with Crippen molar-refractivity contribution in [2.24, 2.45) is 4.99 Å². The highest BCUT2D eigenvalue weighted by atomic mass is 32.2. The van der Waals surface area contributed by atoms with Crippen molar-refractivity contribution < 1.29 is 23.8 Å². The van der Waals surface area contributed by atoms with Crippen LogP contribution in [-0.2, 0) is 14.3 Å². The molecule has 0 bridgehead atoms. The normalized spacial score (nSPS) is 18.7. The molecule has 0 aromatic heterocycles. The number of thioether (sulfide) groups is 1. The molecule has 4 rings (SSSR count). The monoisotopic (exact) mass is 453 g/mol. The van der Waals surface area contributed by atoms with Crippen LogP contribution in [0, 0.1) is 0 Å². The molecule has 0 unspecified atom stereocenters. The number of carbonyl (C=O) groups excluding carboxylic acids is 2. The lowest BCUT2D eigenvalue weighted by Crippen LogP contribution is -2.43. The molecule has 2 saturated heterocycles. The fraction of sp³-hybridized carbons (Fsp3) is 0.261. The molecule has 2 amide bonds. The number of benzene rings is 2. The van der Waals surface area contributed by atoms with E-state index in [1.165, 1.54) is 18.9 Å². The number of amides is 2. The van der Waals surface area contributed by atoms with Crippen LogP contribution in [0.5, 0.6) is 11.5 Å². The summed E-state index contributed by atoms with van der Waals surface area (Å²) < 4.78 is 16.4. The van der Waals surface area contributed by atoms with Crippen LogP contribution in [0.3, 0.4) is 0 Å². The number of aliphatic imine (C=N–C) groups is 1. The van der Waals surface area contributed by atoms with E-state index in [-0.39, 0.29) is 18.4 Å². The Morgan fingerprint density at radius 1 is 1.19 bits per heavy atom. The topological polar surface area (TPSA) is 89.5 Å². The molecule has 2 aliphatic heterocycles. The van der Waals surface area contributed by atoms with Crippen molar-refractivity contribution >= 4 is 40.5 Å². The zero-order chi connectivity index (χ0) is 22.3. The first kappa shape index (κ1) is 21.9. The second kappa shape index (κ2) is 10.3. The Hall–Kier alpha value is -3.30. The summed E-state index contributed by atoms with van der Waals surface area (Å²) in [7, 11) is 1.53. The summed E-state index contributed by atoms with van der Waals surface area (Å²) in [4.78, 5) is 31.3. The smallest absolute Gasteiger partial charge is 0.264 e. The quantitative estimate of drug-likeness (QED) is 0.677. The summed E-state index contributed by atoms with van der Waals surface area (Å²) in [5, 5.41) is 3.30. The minimum Gasteiger partial charge on any atom is -0.493 e. The lowest BCUT2D eigenvalue weighted by Gasteiger charge is -2.26. The van der Waals surface area contributed by atoms with Gasteiger partial charge in [0.25, 0.3) is 11.8 Å². The second-order valence-corrected chi connectivity index (χ2v) is 8.04. The molecule has 0 saturated carbocycles. The van der Waals surface area contributed by atoms with E-state index >= 15 is 0 Å². The number of nitrogens with one attached hydrogen (secondary N) is 1. The maximum atomic E-state index is 12.3. The number of morpholine rings is 1. The van der Waals surface area contributed by atoms with Crippen LogP contribution in [0.15, 0.2) is 58.4 Å². The zero-order valence-corrected chi connectivity index (χ0v) is 18.4. The van der Waals surface area contributed by atoms with Gasteiger partial charge < -0.3 is 24.4 Å². The van der Waals surface area contributed by atoms with Gasteiger partial charge in [-0.1, -0.05) is 24.3 Å². The molecule has 2 heterocycles. The number of para-hydroxylation sites is 1. The third kappa shape index (κ3) is 5.49. The zero-order valence-electron chi connectivity index (χ0n) is 17.6. The predicted molar refractivity (Wildman–Crippen MR) is 123 cm³/mol. The highest BCUT2D eigenvalue weighted by Gasteiger charge is 2.24. The van der Waals surface area contributed by atoms with E-state index in [9.17, 15) is 9.59 Å². The standard InChI is InChI=1S/C23H23N3O5S/c1-29-19-13-16(7-8-18(19)31-15-21(27)26-9-11-30-12-10-26)14-20-22(28)25-23(32-20)24-17-5-3-2-4-6-17/h2-8,13-14H,9-12,15H2,1H3,(H,24,25,28)/b20-14-. The third-order valence-electron chi connectivity index (χ3n) is 4.84. The molecule has 2 fully saturated rings. The Bertz CT molecular complexity index is 1050. The summed E-state index contributed by atoms with van der Waals surface area (Å²) >= 11 is 1.27. The molecule has 32 heavy (non-hydrogen) atoms. The fourth-order valence-electron chi connectivity index (χ4n) is 3.19. The molecule has 0 aliphatic carbocycles. The highest BCUT2D eigenvalue weighted by molar-refractivity contribution is 8.18. The highest BCUT2D eigenvalue weighted by Crippen LogP contribution is 2.32. The van der Waals surface area contributed by atoms with E-state index in [1.807, 2.05) is 36.4 Å². The fourth-order valence-corrected chi connectivity index (χ4v) is 4.03. The lowest BCUT2D eigenvalue weighted by molar-refractivity contribution is -0.137. The van der Waals surface area contributed by atoms with Gasteiger partial charge in [-0.15, -0.1) is 0 Å². The Balaban J connectivity index is 1.43. The number of rotatable bonds is 6. The first-order chi connectivity index (χ1) is 15.6. The van der Waals surface area contributed by atoms with E-state index in [0.29, 0.717) is 47.9 Å². The van der Waals surface area contributed by atoms with Crippen molar-refractivity contribution in [3.05, 3.63) is 59.0 Å². The van der Waals surface area contributed by atoms with Gasteiger partial charge in [-0.05, 0) is 47.7 Å². The van der Waals surface area contributed by atoms with E-state index in [4.69, 9.17) is 14.2 Å². The summed E-state index contributed by atoms with van der Waals surface area (Å²) in [5.74, 6) is 0.646. The Morgan fingerprint density at radius 2 is 1.97 bits per heavy atom. The summed E-state index contributed by atoms with van der Waals surface area (Å²) in [6.45, 7) is 2.15. The van der Waals surface area contributed by atoms with Crippen molar-refractivity contribution in [2.75, 3.05) is 40.0 Å². The summed E-state index contributed by atoms with van der Waals surface area (Å²) in [5.41, 5.74) is 1.54. The van der Waals surface area contributed by atoms with Crippen molar-refractivity contribution in [1.29, 1.82) is 0 Å². The molecule has 2 aromatic carbocycles. The molecule has 1 N–H and O–H groups in total. The molecule has 0 radical (unpaired) electrons. The summed E-state index contributed by atoms with van der Waals surface area (Å²) in [6, 6.07) is 14.7. The maximum absolute atomic E-state index is 12.3. The van der Waals surface area contributed by atoms with Crippen LogP contribution >= 0.6 is 11.8 Å². The minimum absolute atomic E-state index is 0.0750. The van der Waals surface area contributed by atoms with Crippen molar-refractivity contribution in [2.45, 2.75) is 0 Å². The number of ether oxygens (including phenoxy) is 3. The SMILES string of the molecule is COc1cc(/C=C2\SC(=Nc3ccccc3)NC2=O)ccc1OCC(=O)N1CCOCC1. The van der Waals surface area contributed by atoms with Crippen molar-refractivity contribution in [1.82, 2.24) is 10.2 Å². The van der Waals surface area contributed by atoms with Gasteiger partial charge in [0.1, 0.15) is 0 Å². The van der Waals surface area contributed by atoms with E-state index < -0.39 is 0 Å². The molecule has 8 nitrogen and oxygen atoms in total. The number of nitrogens with zero attached hydrogens (tertiary/aromatic N) is 2. The van der Waals surface area contributed by atoms with E-state index in [1.54, 1.807) is 23.1 Å².